The molecule has 2 aromatic rings. The molecule has 0 saturated carbocycles. The van der Waals surface area contributed by atoms with Crippen molar-refractivity contribution >= 4 is 17.0 Å². The first-order valence-corrected chi connectivity index (χ1v) is 6.35. The van der Waals surface area contributed by atoms with Crippen LogP contribution in [0, 0.1) is 0 Å². The van der Waals surface area contributed by atoms with Gasteiger partial charge < -0.3 is 15.9 Å². The van der Waals surface area contributed by atoms with Crippen LogP contribution < -0.4 is 5.73 Å². The van der Waals surface area contributed by atoms with E-state index in [1.165, 1.54) is 0 Å². The molecule has 90 valence electrons. The first-order chi connectivity index (χ1) is 8.22. The molecule has 1 aromatic heterocycles. The summed E-state index contributed by atoms with van der Waals surface area (Å²) in [7, 11) is 0. The number of hydrogen-bond donors (Lipinski definition) is 3. The molecule has 3 nitrogen and oxygen atoms in total. The van der Waals surface area contributed by atoms with Crippen LogP contribution in [-0.2, 0) is 6.42 Å². The molecule has 0 radical (unpaired) electrons. The van der Waals surface area contributed by atoms with Crippen LogP contribution in [0.25, 0.3) is 11.1 Å². The number of thiophene rings is 1. The second-order valence-corrected chi connectivity index (χ2v) is 4.71. The van der Waals surface area contributed by atoms with E-state index >= 15 is 0 Å². The maximum atomic E-state index is 9.45. The van der Waals surface area contributed by atoms with Gasteiger partial charge in [-0.25, -0.2) is 0 Å². The van der Waals surface area contributed by atoms with Crippen LogP contribution in [0.3, 0.4) is 0 Å². The predicted octanol–water partition coefficient (Wildman–Crippen LogP) is 1.89. The van der Waals surface area contributed by atoms with E-state index in [0.29, 0.717) is 12.1 Å². The third kappa shape index (κ3) is 2.66. The fourth-order valence-corrected chi connectivity index (χ4v) is 2.43. The molecule has 0 aliphatic rings. The second-order valence-electron chi connectivity index (χ2n) is 3.93. The van der Waals surface area contributed by atoms with E-state index < -0.39 is 6.10 Å². The maximum Gasteiger partial charge on any atom is 0.0811 e. The van der Waals surface area contributed by atoms with Gasteiger partial charge in [-0.05, 0) is 28.0 Å². The quantitative estimate of drug-likeness (QED) is 0.725. The van der Waals surface area contributed by atoms with E-state index in [1.807, 2.05) is 35.0 Å². The first-order valence-electron chi connectivity index (χ1n) is 5.41. The minimum atomic E-state index is -0.755. The molecule has 1 unspecified atom stereocenters. The average Bonchev–Trinajstić information content (AvgIpc) is 2.85. The van der Waals surface area contributed by atoms with Crippen LogP contribution in [0.2, 0.25) is 0 Å². The summed E-state index contributed by atoms with van der Waals surface area (Å²) in [5.41, 5.74) is 9.71. The normalized spacial score (nSPS) is 12.6. The maximum absolute atomic E-state index is 9.45. The minimum absolute atomic E-state index is 0.248. The highest BCUT2D eigenvalue weighted by molar-refractivity contribution is 7.08. The number of anilines is 1. The van der Waals surface area contributed by atoms with Crippen molar-refractivity contribution in [2.45, 2.75) is 12.5 Å². The number of nitrogen functional groups attached to an aromatic ring is 1. The summed E-state index contributed by atoms with van der Waals surface area (Å²) in [5, 5.41) is 22.3. The van der Waals surface area contributed by atoms with Gasteiger partial charge in [0, 0.05) is 17.7 Å². The van der Waals surface area contributed by atoms with Crippen molar-refractivity contribution in [1.82, 2.24) is 0 Å². The molecule has 1 heterocycles. The number of hydrogen-bond acceptors (Lipinski definition) is 4. The molecule has 0 saturated heterocycles. The van der Waals surface area contributed by atoms with Crippen molar-refractivity contribution in [3.05, 3.63) is 40.6 Å². The molecule has 0 aliphatic heterocycles. The fourth-order valence-electron chi connectivity index (χ4n) is 1.78. The molecule has 0 spiro atoms. The van der Waals surface area contributed by atoms with Crippen molar-refractivity contribution in [3.8, 4) is 11.1 Å². The van der Waals surface area contributed by atoms with Gasteiger partial charge in [-0.3, -0.25) is 0 Å². The third-order valence-corrected chi connectivity index (χ3v) is 3.38. The zero-order valence-electron chi connectivity index (χ0n) is 9.34. The van der Waals surface area contributed by atoms with Crippen molar-refractivity contribution in [2.24, 2.45) is 0 Å². The van der Waals surface area contributed by atoms with Crippen LogP contribution >= 0.6 is 11.3 Å². The topological polar surface area (TPSA) is 66.5 Å². The van der Waals surface area contributed by atoms with Gasteiger partial charge in [-0.1, -0.05) is 18.2 Å². The number of rotatable bonds is 4. The standard InChI is InChI=1S/C13H15NO2S/c14-13-9(6-11(16)7-15)2-1-3-12(13)10-4-5-17-8-10/h1-5,8,11,15-16H,6-7,14H2. The molecule has 4 heteroatoms. The van der Waals surface area contributed by atoms with Gasteiger partial charge in [0.2, 0.25) is 0 Å². The van der Waals surface area contributed by atoms with Crippen molar-refractivity contribution in [2.75, 3.05) is 12.3 Å². The smallest absolute Gasteiger partial charge is 0.0811 e. The van der Waals surface area contributed by atoms with Crippen LogP contribution in [-0.4, -0.2) is 22.9 Å². The first kappa shape index (κ1) is 12.1. The largest absolute Gasteiger partial charge is 0.398 e. The average molecular weight is 249 g/mol. The summed E-state index contributed by atoms with van der Waals surface area (Å²) in [6.07, 6.45) is -0.379. The highest BCUT2D eigenvalue weighted by Crippen LogP contribution is 2.30. The van der Waals surface area contributed by atoms with Gasteiger partial charge in [0.25, 0.3) is 0 Å². The van der Waals surface area contributed by atoms with Gasteiger partial charge in [-0.15, -0.1) is 0 Å². The minimum Gasteiger partial charge on any atom is -0.398 e. The summed E-state index contributed by atoms with van der Waals surface area (Å²) in [4.78, 5) is 0. The monoisotopic (exact) mass is 249 g/mol. The zero-order chi connectivity index (χ0) is 12.3. The number of aliphatic hydroxyl groups is 2. The molecule has 1 aromatic carbocycles. The Kier molecular flexibility index (Phi) is 3.78. The number of para-hydroxylation sites is 1. The summed E-state index contributed by atoms with van der Waals surface area (Å²) in [6, 6.07) is 7.78. The van der Waals surface area contributed by atoms with Crippen LogP contribution in [0.15, 0.2) is 35.0 Å². The van der Waals surface area contributed by atoms with Crippen molar-refractivity contribution < 1.29 is 10.2 Å². The van der Waals surface area contributed by atoms with Gasteiger partial charge in [-0.2, -0.15) is 11.3 Å². The van der Waals surface area contributed by atoms with E-state index in [2.05, 4.69) is 0 Å². The summed E-state index contributed by atoms with van der Waals surface area (Å²) in [6.45, 7) is -0.248. The highest BCUT2D eigenvalue weighted by Gasteiger charge is 2.10. The summed E-state index contributed by atoms with van der Waals surface area (Å²) >= 11 is 1.62. The lowest BCUT2D eigenvalue weighted by Crippen LogP contribution is -2.16. The Balaban J connectivity index is 2.34. The predicted molar refractivity (Wildman–Crippen MR) is 71.0 cm³/mol. The van der Waals surface area contributed by atoms with E-state index in [1.54, 1.807) is 11.3 Å². The highest BCUT2D eigenvalue weighted by atomic mass is 32.1. The third-order valence-electron chi connectivity index (χ3n) is 2.69. The lowest BCUT2D eigenvalue weighted by Gasteiger charge is -2.12. The summed E-state index contributed by atoms with van der Waals surface area (Å²) < 4.78 is 0. The number of aliphatic hydroxyl groups excluding tert-OH is 2. The van der Waals surface area contributed by atoms with Crippen molar-refractivity contribution in [1.29, 1.82) is 0 Å². The van der Waals surface area contributed by atoms with Gasteiger partial charge in [0.1, 0.15) is 0 Å². The Hall–Kier alpha value is -1.36. The Morgan fingerprint density at radius 3 is 2.76 bits per heavy atom. The molecular weight excluding hydrogens is 234 g/mol. The van der Waals surface area contributed by atoms with Gasteiger partial charge in [0.05, 0.1) is 12.7 Å². The summed E-state index contributed by atoms with van der Waals surface area (Å²) in [5.74, 6) is 0. The Labute approximate surface area is 104 Å². The molecule has 4 N–H and O–H groups in total. The molecule has 2 rings (SSSR count). The molecule has 0 amide bonds. The molecule has 17 heavy (non-hydrogen) atoms. The van der Waals surface area contributed by atoms with Crippen molar-refractivity contribution in [3.63, 3.8) is 0 Å². The van der Waals surface area contributed by atoms with Crippen LogP contribution in [0.1, 0.15) is 5.56 Å². The Bertz CT molecular complexity index is 482. The van der Waals surface area contributed by atoms with Gasteiger partial charge in [0.15, 0.2) is 0 Å². The SMILES string of the molecule is Nc1c(CC(O)CO)cccc1-c1ccsc1. The molecule has 1 atom stereocenters. The number of benzene rings is 1. The Morgan fingerprint density at radius 2 is 2.12 bits per heavy atom. The number of nitrogens with two attached hydrogens (primary N) is 1. The van der Waals surface area contributed by atoms with E-state index in [4.69, 9.17) is 10.8 Å². The lowest BCUT2D eigenvalue weighted by atomic mass is 9.99. The molecule has 0 aliphatic carbocycles. The van der Waals surface area contributed by atoms with E-state index in [9.17, 15) is 5.11 Å². The molecule has 0 bridgehead atoms. The van der Waals surface area contributed by atoms with Gasteiger partial charge >= 0.3 is 0 Å². The zero-order valence-corrected chi connectivity index (χ0v) is 10.2. The molecular formula is C13H15NO2S. The van der Waals surface area contributed by atoms with E-state index in [-0.39, 0.29) is 6.61 Å². The van der Waals surface area contributed by atoms with Crippen LogP contribution in [0.5, 0.6) is 0 Å². The molecule has 0 fully saturated rings. The fraction of sp³-hybridized carbons (Fsp3) is 0.231. The Morgan fingerprint density at radius 1 is 1.29 bits per heavy atom. The van der Waals surface area contributed by atoms with E-state index in [0.717, 1.165) is 16.7 Å². The second kappa shape index (κ2) is 5.31. The van der Waals surface area contributed by atoms with Crippen LogP contribution in [0.4, 0.5) is 5.69 Å². The lowest BCUT2D eigenvalue weighted by molar-refractivity contribution is 0.0956.